The number of fused-ring (bicyclic) bond motifs is 1. The van der Waals surface area contributed by atoms with Crippen LogP contribution in [0.15, 0.2) is 30.6 Å². The Kier molecular flexibility index (Phi) is 4.81. The highest BCUT2D eigenvalue weighted by Crippen LogP contribution is 2.33. The van der Waals surface area contributed by atoms with Gasteiger partial charge in [-0.15, -0.1) is 0 Å². The lowest BCUT2D eigenvalue weighted by atomic mass is 10.0. The average molecular weight is 339 g/mol. The average Bonchev–Trinajstić information content (AvgIpc) is 2.61. The van der Waals surface area contributed by atoms with Gasteiger partial charge in [-0.3, -0.25) is 20.0 Å². The van der Waals surface area contributed by atoms with Crippen LogP contribution < -0.4 is 4.90 Å². The van der Waals surface area contributed by atoms with Crippen LogP contribution in [0.5, 0.6) is 0 Å². The van der Waals surface area contributed by atoms with Crippen LogP contribution in [0.3, 0.4) is 0 Å². The van der Waals surface area contributed by atoms with Crippen molar-refractivity contribution in [3.63, 3.8) is 0 Å². The lowest BCUT2D eigenvalue weighted by Crippen LogP contribution is -2.51. The van der Waals surface area contributed by atoms with E-state index >= 15 is 0 Å². The minimum atomic E-state index is -0.369. The molecule has 0 radical (unpaired) electrons. The number of hydrogen-bond donors (Lipinski definition) is 0. The van der Waals surface area contributed by atoms with Gasteiger partial charge in [0.25, 0.3) is 5.69 Å². The second kappa shape index (κ2) is 7.03. The molecule has 0 bridgehead atoms. The first kappa shape index (κ1) is 17.1. The molecule has 7 nitrogen and oxygen atoms in total. The maximum Gasteiger partial charge on any atom is 0.278 e. The molecule has 25 heavy (non-hydrogen) atoms. The van der Waals surface area contributed by atoms with Crippen LogP contribution in [0.1, 0.15) is 13.8 Å². The van der Waals surface area contributed by atoms with Crippen molar-refractivity contribution >= 4 is 22.1 Å². The first-order valence-corrected chi connectivity index (χ1v) is 8.42. The number of anilines is 1. The monoisotopic (exact) mass is 339 g/mol. The Hall–Kier alpha value is -2.72. The van der Waals surface area contributed by atoms with Crippen molar-refractivity contribution in [1.82, 2.24) is 9.88 Å². The summed E-state index contributed by atoms with van der Waals surface area (Å²) in [4.78, 5) is 19.4. The maximum absolute atomic E-state index is 11.2. The second-order valence-corrected chi connectivity index (χ2v) is 6.62. The van der Waals surface area contributed by atoms with Gasteiger partial charge in [0.2, 0.25) is 0 Å². The maximum atomic E-state index is 11.2. The Morgan fingerprint density at radius 2 is 1.92 bits per heavy atom. The number of hydrogen-bond acceptors (Lipinski definition) is 6. The first-order valence-electron chi connectivity index (χ1n) is 8.42. The fourth-order valence-electron chi connectivity index (χ4n) is 3.49. The van der Waals surface area contributed by atoms with Crippen molar-refractivity contribution in [1.29, 1.82) is 5.26 Å². The third kappa shape index (κ3) is 3.26. The lowest BCUT2D eigenvalue weighted by molar-refractivity contribution is -0.383. The zero-order chi connectivity index (χ0) is 18.0. The van der Waals surface area contributed by atoms with Crippen molar-refractivity contribution in [3.05, 3.63) is 40.7 Å². The van der Waals surface area contributed by atoms with Gasteiger partial charge in [0.15, 0.2) is 0 Å². The predicted molar refractivity (Wildman–Crippen MR) is 96.4 cm³/mol. The third-order valence-electron chi connectivity index (χ3n) is 4.78. The van der Waals surface area contributed by atoms with Gasteiger partial charge in [-0.1, -0.05) is 13.8 Å². The summed E-state index contributed by atoms with van der Waals surface area (Å²) in [6, 6.07) is 7.53. The van der Waals surface area contributed by atoms with E-state index in [0.29, 0.717) is 11.3 Å². The first-order chi connectivity index (χ1) is 12.0. The smallest absolute Gasteiger partial charge is 0.278 e. The van der Waals surface area contributed by atoms with Crippen molar-refractivity contribution in [2.45, 2.75) is 19.9 Å². The summed E-state index contributed by atoms with van der Waals surface area (Å²) in [5.74, 6) is 0.294. The van der Waals surface area contributed by atoms with E-state index in [-0.39, 0.29) is 16.7 Å². The molecule has 0 amide bonds. The molecular formula is C18H21N5O2. The number of piperazine rings is 1. The Bertz CT molecular complexity index is 822. The molecule has 0 spiro atoms. The molecule has 1 aromatic heterocycles. The topological polar surface area (TPSA) is 86.3 Å². The van der Waals surface area contributed by atoms with E-state index in [2.05, 4.69) is 34.7 Å². The standard InChI is InChI=1S/C18H21N5O2/c1-13(2)18(11-19)22-9-7-21(8-10-22)16-3-4-17(23(24)25)15-12-20-6-5-14(15)16/h3-6,12-13,18H,7-10H2,1-2H3. The van der Waals surface area contributed by atoms with Crippen LogP contribution in [0.4, 0.5) is 11.4 Å². The number of pyridine rings is 1. The largest absolute Gasteiger partial charge is 0.368 e. The summed E-state index contributed by atoms with van der Waals surface area (Å²) in [7, 11) is 0. The van der Waals surface area contributed by atoms with Crippen LogP contribution in [0.2, 0.25) is 0 Å². The van der Waals surface area contributed by atoms with Crippen molar-refractivity contribution < 1.29 is 4.92 Å². The van der Waals surface area contributed by atoms with Gasteiger partial charge in [0.05, 0.1) is 16.4 Å². The van der Waals surface area contributed by atoms with Gasteiger partial charge in [-0.05, 0) is 18.1 Å². The van der Waals surface area contributed by atoms with Crippen molar-refractivity contribution in [2.24, 2.45) is 5.92 Å². The lowest BCUT2D eigenvalue weighted by Gasteiger charge is -2.39. The molecule has 1 aliphatic rings. The number of nitro groups is 1. The van der Waals surface area contributed by atoms with E-state index in [1.54, 1.807) is 18.5 Å². The summed E-state index contributed by atoms with van der Waals surface area (Å²) >= 11 is 0. The van der Waals surface area contributed by atoms with E-state index in [0.717, 1.165) is 37.3 Å². The van der Waals surface area contributed by atoms with E-state index in [9.17, 15) is 15.4 Å². The van der Waals surface area contributed by atoms with Crippen molar-refractivity contribution in [2.75, 3.05) is 31.1 Å². The molecular weight excluding hydrogens is 318 g/mol. The van der Waals surface area contributed by atoms with Gasteiger partial charge in [-0.25, -0.2) is 0 Å². The highest BCUT2D eigenvalue weighted by Gasteiger charge is 2.27. The van der Waals surface area contributed by atoms with Gasteiger partial charge in [0, 0.05) is 55.7 Å². The molecule has 3 rings (SSSR count). The third-order valence-corrected chi connectivity index (χ3v) is 4.78. The van der Waals surface area contributed by atoms with Crippen LogP contribution in [-0.2, 0) is 0 Å². The Morgan fingerprint density at radius 1 is 1.20 bits per heavy atom. The van der Waals surface area contributed by atoms with E-state index in [1.165, 1.54) is 0 Å². The summed E-state index contributed by atoms with van der Waals surface area (Å²) < 4.78 is 0. The number of nitro benzene ring substituents is 1. The summed E-state index contributed by atoms with van der Waals surface area (Å²) in [5, 5.41) is 22.0. The molecule has 0 saturated carbocycles. The normalized spacial score (nSPS) is 16.8. The molecule has 1 unspecified atom stereocenters. The number of nitrogens with zero attached hydrogens (tertiary/aromatic N) is 5. The Morgan fingerprint density at radius 3 is 2.52 bits per heavy atom. The molecule has 0 aliphatic carbocycles. The van der Waals surface area contributed by atoms with Crippen LogP contribution >= 0.6 is 0 Å². The fourth-order valence-corrected chi connectivity index (χ4v) is 3.49. The molecule has 1 aliphatic heterocycles. The van der Waals surface area contributed by atoms with Crippen LogP contribution in [0, 0.1) is 27.4 Å². The number of nitriles is 1. The summed E-state index contributed by atoms with van der Waals surface area (Å²) in [5.41, 5.74) is 1.07. The van der Waals surface area contributed by atoms with E-state index in [4.69, 9.17) is 0 Å². The van der Waals surface area contributed by atoms with Gasteiger partial charge < -0.3 is 4.90 Å². The zero-order valence-electron chi connectivity index (χ0n) is 14.4. The number of non-ortho nitro benzene ring substituents is 1. The summed E-state index contributed by atoms with van der Waals surface area (Å²) in [6.45, 7) is 7.33. The SMILES string of the molecule is CC(C)C(C#N)N1CCN(c2ccc([N+](=O)[O-])c3cnccc23)CC1. The molecule has 7 heteroatoms. The second-order valence-electron chi connectivity index (χ2n) is 6.62. The van der Waals surface area contributed by atoms with Gasteiger partial charge in [0.1, 0.15) is 6.04 Å². The number of benzene rings is 1. The van der Waals surface area contributed by atoms with Gasteiger partial charge in [-0.2, -0.15) is 5.26 Å². The fraction of sp³-hybridized carbons (Fsp3) is 0.444. The minimum absolute atomic E-state index is 0.0695. The van der Waals surface area contributed by atoms with E-state index in [1.807, 2.05) is 12.1 Å². The van der Waals surface area contributed by atoms with Crippen molar-refractivity contribution in [3.8, 4) is 6.07 Å². The highest BCUT2D eigenvalue weighted by molar-refractivity contribution is 5.99. The minimum Gasteiger partial charge on any atom is -0.368 e. The quantitative estimate of drug-likeness (QED) is 0.629. The van der Waals surface area contributed by atoms with Crippen LogP contribution in [-0.4, -0.2) is 47.0 Å². The number of rotatable bonds is 4. The molecule has 1 aromatic carbocycles. The molecule has 1 saturated heterocycles. The molecule has 2 heterocycles. The predicted octanol–water partition coefficient (Wildman–Crippen LogP) is 2.81. The number of aromatic nitrogens is 1. The van der Waals surface area contributed by atoms with Gasteiger partial charge >= 0.3 is 0 Å². The highest BCUT2D eigenvalue weighted by atomic mass is 16.6. The Balaban J connectivity index is 1.86. The molecule has 130 valence electrons. The molecule has 1 fully saturated rings. The Labute approximate surface area is 146 Å². The molecule has 0 N–H and O–H groups in total. The van der Waals surface area contributed by atoms with Crippen LogP contribution in [0.25, 0.3) is 10.8 Å². The zero-order valence-corrected chi connectivity index (χ0v) is 14.4. The van der Waals surface area contributed by atoms with E-state index < -0.39 is 0 Å². The summed E-state index contributed by atoms with van der Waals surface area (Å²) in [6.07, 6.45) is 3.22. The molecule has 1 atom stereocenters. The molecule has 2 aromatic rings.